The summed E-state index contributed by atoms with van der Waals surface area (Å²) in [4.78, 5) is 12.3. The molecule has 0 unspecified atom stereocenters. The van der Waals surface area contributed by atoms with Crippen LogP contribution in [0.15, 0.2) is 52.9 Å². The molecule has 2 aromatic carbocycles. The number of benzene rings is 2. The number of aryl methyl sites for hydroxylation is 1. The second kappa shape index (κ2) is 5.74. The van der Waals surface area contributed by atoms with E-state index < -0.39 is 0 Å². The van der Waals surface area contributed by atoms with Crippen molar-refractivity contribution in [1.82, 2.24) is 0 Å². The lowest BCUT2D eigenvalue weighted by Crippen LogP contribution is -2.10. The minimum atomic E-state index is -0.240. The number of amides is 1. The normalized spacial score (nSPS) is 10.8. The van der Waals surface area contributed by atoms with Crippen LogP contribution in [0.3, 0.4) is 0 Å². The van der Waals surface area contributed by atoms with Gasteiger partial charge in [0.05, 0.1) is 0 Å². The van der Waals surface area contributed by atoms with Gasteiger partial charge in [0.1, 0.15) is 5.58 Å². The number of anilines is 1. The molecule has 0 spiro atoms. The van der Waals surface area contributed by atoms with Gasteiger partial charge in [-0.15, -0.1) is 0 Å². The van der Waals surface area contributed by atoms with Gasteiger partial charge in [-0.2, -0.15) is 0 Å². The Morgan fingerprint density at radius 2 is 2.05 bits per heavy atom. The number of rotatable bonds is 3. The highest BCUT2D eigenvalue weighted by Crippen LogP contribution is 2.22. The van der Waals surface area contributed by atoms with E-state index in [2.05, 4.69) is 21.2 Å². The standard InChI is InChI=1S/C17H14BrNO2/c1-11-5-6-15-13(7-11)9-16(21-15)17(20)19-14-4-2-3-12(8-14)10-18/h2-9H,10H2,1H3,(H,19,20). The number of alkyl halides is 1. The SMILES string of the molecule is Cc1ccc2oc(C(=O)Nc3cccc(CBr)c3)cc2c1. The molecule has 0 aliphatic rings. The molecule has 1 heterocycles. The summed E-state index contributed by atoms with van der Waals surface area (Å²) in [6, 6.07) is 15.3. The smallest absolute Gasteiger partial charge is 0.291 e. The van der Waals surface area contributed by atoms with Crippen molar-refractivity contribution in [1.29, 1.82) is 0 Å². The minimum absolute atomic E-state index is 0.240. The van der Waals surface area contributed by atoms with Crippen molar-refractivity contribution in [2.75, 3.05) is 5.32 Å². The molecular formula is C17H14BrNO2. The third kappa shape index (κ3) is 3.00. The monoisotopic (exact) mass is 343 g/mol. The zero-order valence-corrected chi connectivity index (χ0v) is 13.1. The molecule has 106 valence electrons. The number of nitrogens with one attached hydrogen (secondary N) is 1. The molecule has 0 saturated heterocycles. The maximum atomic E-state index is 12.3. The molecule has 3 nitrogen and oxygen atoms in total. The average Bonchev–Trinajstić information content (AvgIpc) is 2.90. The lowest BCUT2D eigenvalue weighted by molar-refractivity contribution is 0.0998. The number of furan rings is 1. The number of fused-ring (bicyclic) bond motifs is 1. The van der Waals surface area contributed by atoms with Gasteiger partial charge in [0, 0.05) is 16.4 Å². The Hall–Kier alpha value is -2.07. The topological polar surface area (TPSA) is 42.2 Å². The van der Waals surface area contributed by atoms with Crippen LogP contribution in [0.1, 0.15) is 21.7 Å². The molecule has 0 saturated carbocycles. The largest absolute Gasteiger partial charge is 0.451 e. The Labute approximate surface area is 131 Å². The van der Waals surface area contributed by atoms with Crippen LogP contribution in [-0.2, 0) is 5.33 Å². The summed E-state index contributed by atoms with van der Waals surface area (Å²) in [6.07, 6.45) is 0. The molecular weight excluding hydrogens is 330 g/mol. The van der Waals surface area contributed by atoms with Crippen molar-refractivity contribution in [2.24, 2.45) is 0 Å². The van der Waals surface area contributed by atoms with E-state index in [9.17, 15) is 4.79 Å². The predicted octanol–water partition coefficient (Wildman–Crippen LogP) is 4.89. The van der Waals surface area contributed by atoms with Crippen molar-refractivity contribution in [3.8, 4) is 0 Å². The Morgan fingerprint density at radius 3 is 2.86 bits per heavy atom. The van der Waals surface area contributed by atoms with E-state index in [1.165, 1.54) is 0 Å². The van der Waals surface area contributed by atoms with Crippen LogP contribution in [0.4, 0.5) is 5.69 Å². The zero-order chi connectivity index (χ0) is 14.8. The molecule has 0 atom stereocenters. The average molecular weight is 344 g/mol. The van der Waals surface area contributed by atoms with Crippen LogP contribution < -0.4 is 5.32 Å². The fourth-order valence-electron chi connectivity index (χ4n) is 2.20. The summed E-state index contributed by atoms with van der Waals surface area (Å²) < 4.78 is 5.59. The van der Waals surface area contributed by atoms with E-state index in [-0.39, 0.29) is 5.91 Å². The van der Waals surface area contributed by atoms with Crippen molar-refractivity contribution < 1.29 is 9.21 Å². The van der Waals surface area contributed by atoms with Gasteiger partial charge in [-0.3, -0.25) is 4.79 Å². The van der Waals surface area contributed by atoms with E-state index in [1.807, 2.05) is 49.4 Å². The van der Waals surface area contributed by atoms with E-state index in [4.69, 9.17) is 4.42 Å². The second-order valence-electron chi connectivity index (χ2n) is 4.94. The van der Waals surface area contributed by atoms with Crippen LogP contribution in [0, 0.1) is 6.92 Å². The highest BCUT2D eigenvalue weighted by Gasteiger charge is 2.12. The Morgan fingerprint density at radius 1 is 1.19 bits per heavy atom. The molecule has 3 rings (SSSR count). The number of hydrogen-bond acceptors (Lipinski definition) is 2. The molecule has 1 aromatic heterocycles. The molecule has 1 N–H and O–H groups in total. The molecule has 0 radical (unpaired) electrons. The summed E-state index contributed by atoms with van der Waals surface area (Å²) in [6.45, 7) is 2.01. The summed E-state index contributed by atoms with van der Waals surface area (Å²) in [5.41, 5.74) is 3.72. The predicted molar refractivity (Wildman–Crippen MR) is 88.0 cm³/mol. The lowest BCUT2D eigenvalue weighted by atomic mass is 10.2. The second-order valence-corrected chi connectivity index (χ2v) is 5.50. The van der Waals surface area contributed by atoms with Gasteiger partial charge in [0.25, 0.3) is 5.91 Å². The molecule has 4 heteroatoms. The summed E-state index contributed by atoms with van der Waals surface area (Å²) in [7, 11) is 0. The Bertz CT molecular complexity index is 807. The van der Waals surface area contributed by atoms with Crippen molar-refractivity contribution in [3.63, 3.8) is 0 Å². The highest BCUT2D eigenvalue weighted by molar-refractivity contribution is 9.08. The van der Waals surface area contributed by atoms with Gasteiger partial charge < -0.3 is 9.73 Å². The third-order valence-electron chi connectivity index (χ3n) is 3.23. The van der Waals surface area contributed by atoms with Gasteiger partial charge in [-0.05, 0) is 42.8 Å². The maximum Gasteiger partial charge on any atom is 0.291 e. The lowest BCUT2D eigenvalue weighted by Gasteiger charge is -2.04. The number of hydrogen-bond donors (Lipinski definition) is 1. The summed E-state index contributed by atoms with van der Waals surface area (Å²) >= 11 is 3.40. The third-order valence-corrected chi connectivity index (χ3v) is 3.88. The number of halogens is 1. The maximum absolute atomic E-state index is 12.3. The fourth-order valence-corrected chi connectivity index (χ4v) is 2.55. The van der Waals surface area contributed by atoms with E-state index in [0.29, 0.717) is 5.76 Å². The van der Waals surface area contributed by atoms with Gasteiger partial charge in [-0.1, -0.05) is 39.7 Å². The first-order chi connectivity index (χ1) is 10.2. The molecule has 1 amide bonds. The summed E-state index contributed by atoms with van der Waals surface area (Å²) in [5.74, 6) is 0.0791. The first-order valence-electron chi connectivity index (χ1n) is 6.62. The van der Waals surface area contributed by atoms with E-state index >= 15 is 0 Å². The van der Waals surface area contributed by atoms with Gasteiger partial charge >= 0.3 is 0 Å². The van der Waals surface area contributed by atoms with Gasteiger partial charge in [0.15, 0.2) is 5.76 Å². The molecule has 0 bridgehead atoms. The van der Waals surface area contributed by atoms with Gasteiger partial charge in [0.2, 0.25) is 0 Å². The van der Waals surface area contributed by atoms with Gasteiger partial charge in [-0.25, -0.2) is 0 Å². The van der Waals surface area contributed by atoms with Crippen LogP contribution in [0.2, 0.25) is 0 Å². The van der Waals surface area contributed by atoms with Crippen LogP contribution in [-0.4, -0.2) is 5.91 Å². The van der Waals surface area contributed by atoms with Crippen LogP contribution in [0.25, 0.3) is 11.0 Å². The highest BCUT2D eigenvalue weighted by atomic mass is 79.9. The zero-order valence-electron chi connectivity index (χ0n) is 11.5. The number of carbonyl (C=O) groups is 1. The first-order valence-corrected chi connectivity index (χ1v) is 7.74. The van der Waals surface area contributed by atoms with Crippen LogP contribution >= 0.6 is 15.9 Å². The molecule has 0 fully saturated rings. The summed E-state index contributed by atoms with van der Waals surface area (Å²) in [5, 5.41) is 4.54. The van der Waals surface area contributed by atoms with Crippen LogP contribution in [0.5, 0.6) is 0 Å². The quantitative estimate of drug-likeness (QED) is 0.688. The van der Waals surface area contributed by atoms with E-state index in [0.717, 1.165) is 33.1 Å². The molecule has 0 aliphatic heterocycles. The fraction of sp³-hybridized carbons (Fsp3) is 0.118. The van der Waals surface area contributed by atoms with Crippen molar-refractivity contribution in [2.45, 2.75) is 12.3 Å². The van der Waals surface area contributed by atoms with Crippen molar-refractivity contribution in [3.05, 3.63) is 65.4 Å². The molecule has 21 heavy (non-hydrogen) atoms. The minimum Gasteiger partial charge on any atom is -0.451 e. The molecule has 3 aromatic rings. The number of carbonyl (C=O) groups excluding carboxylic acids is 1. The first kappa shape index (κ1) is 13.9. The van der Waals surface area contributed by atoms with E-state index in [1.54, 1.807) is 6.07 Å². The Kier molecular flexibility index (Phi) is 3.80. The van der Waals surface area contributed by atoms with Crippen molar-refractivity contribution >= 4 is 38.5 Å². The molecule has 0 aliphatic carbocycles. The Balaban J connectivity index is 1.86.